The first-order valence-corrected chi connectivity index (χ1v) is 4.11. The van der Waals surface area contributed by atoms with Gasteiger partial charge in [-0.2, -0.15) is 0 Å². The molecule has 1 N–H and O–H groups in total. The molecule has 1 aliphatic heterocycles. The summed E-state index contributed by atoms with van der Waals surface area (Å²) in [5, 5.41) is 8.72. The minimum atomic E-state index is -0.247. The van der Waals surface area contributed by atoms with E-state index >= 15 is 0 Å². The van der Waals surface area contributed by atoms with E-state index in [2.05, 4.69) is 22.9 Å². The van der Waals surface area contributed by atoms with Crippen LogP contribution < -0.4 is 0 Å². The highest BCUT2D eigenvalue weighted by atomic mass is 127. The Hall–Kier alpha value is 0.675. The first-order chi connectivity index (χ1) is 4.72. The van der Waals surface area contributed by atoms with Crippen LogP contribution in [-0.2, 0) is 4.74 Å². The molecular formula is C5H9BINO2. The number of morpholine rings is 1. The van der Waals surface area contributed by atoms with Crippen LogP contribution in [0.15, 0.2) is 0 Å². The molecule has 0 aromatic rings. The predicted octanol–water partition coefficient (Wildman–Crippen LogP) is -0.476. The number of hydrogen-bond acceptors (Lipinski definition) is 3. The van der Waals surface area contributed by atoms with Gasteiger partial charge in [0, 0.05) is 42.0 Å². The molecule has 0 bridgehead atoms. The zero-order chi connectivity index (χ0) is 7.56. The normalized spacial score (nSPS) is 36.2. The number of halogens is 1. The third-order valence-corrected chi connectivity index (χ3v) is 2.14. The molecule has 2 radical (unpaired) electrons. The molecule has 1 rings (SSSR count). The van der Waals surface area contributed by atoms with Crippen molar-refractivity contribution in [3.63, 3.8) is 0 Å². The second kappa shape index (κ2) is 3.89. The molecule has 2 unspecified atom stereocenters. The highest BCUT2D eigenvalue weighted by Gasteiger charge is 2.22. The van der Waals surface area contributed by atoms with Gasteiger partial charge in [-0.15, -0.1) is 0 Å². The van der Waals surface area contributed by atoms with Crippen LogP contribution in [0.2, 0.25) is 0 Å². The van der Waals surface area contributed by atoms with E-state index in [9.17, 15) is 0 Å². The van der Waals surface area contributed by atoms with Gasteiger partial charge in [0.1, 0.15) is 7.85 Å². The van der Waals surface area contributed by atoms with Crippen LogP contribution in [0.3, 0.4) is 0 Å². The van der Waals surface area contributed by atoms with E-state index in [0.29, 0.717) is 0 Å². The summed E-state index contributed by atoms with van der Waals surface area (Å²) in [7, 11) is 5.51. The van der Waals surface area contributed by atoms with Crippen LogP contribution in [0.4, 0.5) is 0 Å². The molecule has 3 nitrogen and oxygen atoms in total. The van der Waals surface area contributed by atoms with Gasteiger partial charge in [-0.1, -0.05) is 0 Å². The van der Waals surface area contributed by atoms with Gasteiger partial charge >= 0.3 is 0 Å². The van der Waals surface area contributed by atoms with E-state index < -0.39 is 0 Å². The standard InChI is InChI=1S/C5H9BINO2/c6-5-2-8(7)1-4(3-9)10-5/h4-5,9H,1-3H2. The minimum Gasteiger partial charge on any atom is -0.394 e. The smallest absolute Gasteiger partial charge is 0.110 e. The summed E-state index contributed by atoms with van der Waals surface area (Å²) in [4.78, 5) is 0. The topological polar surface area (TPSA) is 32.7 Å². The Morgan fingerprint density at radius 2 is 2.40 bits per heavy atom. The van der Waals surface area contributed by atoms with Gasteiger partial charge in [-0.25, -0.2) is 3.11 Å². The second-order valence-electron chi connectivity index (χ2n) is 2.31. The van der Waals surface area contributed by atoms with E-state index in [1.807, 2.05) is 3.11 Å². The van der Waals surface area contributed by atoms with Crippen molar-refractivity contribution in [2.75, 3.05) is 19.7 Å². The maximum absolute atomic E-state index is 8.72. The Morgan fingerprint density at radius 3 is 2.90 bits per heavy atom. The molecule has 10 heavy (non-hydrogen) atoms. The zero-order valence-corrected chi connectivity index (χ0v) is 7.69. The van der Waals surface area contributed by atoms with E-state index in [4.69, 9.17) is 17.7 Å². The maximum Gasteiger partial charge on any atom is 0.110 e. The Balaban J connectivity index is 2.35. The Kier molecular flexibility index (Phi) is 3.41. The number of ether oxygens (including phenoxy) is 1. The van der Waals surface area contributed by atoms with Crippen molar-refractivity contribution in [1.82, 2.24) is 3.11 Å². The molecule has 2 atom stereocenters. The number of rotatable bonds is 1. The Labute approximate surface area is 75.6 Å². The fourth-order valence-electron chi connectivity index (χ4n) is 0.925. The van der Waals surface area contributed by atoms with Crippen molar-refractivity contribution in [3.05, 3.63) is 0 Å². The van der Waals surface area contributed by atoms with Gasteiger partial charge in [0.15, 0.2) is 0 Å². The lowest BCUT2D eigenvalue weighted by Gasteiger charge is -2.32. The summed E-state index contributed by atoms with van der Waals surface area (Å²) in [6.45, 7) is 1.54. The van der Waals surface area contributed by atoms with Crippen molar-refractivity contribution in [3.8, 4) is 0 Å². The number of nitrogens with zero attached hydrogens (tertiary/aromatic N) is 1. The summed E-state index contributed by atoms with van der Waals surface area (Å²) < 4.78 is 7.21. The third-order valence-electron chi connectivity index (χ3n) is 1.35. The average molecular weight is 253 g/mol. The number of aliphatic hydroxyl groups excluding tert-OH is 1. The van der Waals surface area contributed by atoms with Crippen LogP contribution in [0, 0.1) is 0 Å². The maximum atomic E-state index is 8.72. The van der Waals surface area contributed by atoms with E-state index in [0.717, 1.165) is 13.1 Å². The predicted molar refractivity (Wildman–Crippen MR) is 47.1 cm³/mol. The largest absolute Gasteiger partial charge is 0.394 e. The number of aliphatic hydroxyl groups is 1. The summed E-state index contributed by atoms with van der Waals surface area (Å²) in [5.41, 5.74) is 0. The van der Waals surface area contributed by atoms with Gasteiger partial charge in [-0.3, -0.25) is 0 Å². The van der Waals surface area contributed by atoms with Crippen LogP contribution in [-0.4, -0.2) is 47.9 Å². The molecule has 56 valence electrons. The molecule has 0 spiro atoms. The van der Waals surface area contributed by atoms with Crippen molar-refractivity contribution in [1.29, 1.82) is 0 Å². The molecule has 0 aromatic carbocycles. The molecule has 0 amide bonds. The summed E-state index contributed by atoms with van der Waals surface area (Å²) in [5.74, 6) is 0. The Bertz CT molecular complexity index is 106. The zero-order valence-electron chi connectivity index (χ0n) is 5.53. The van der Waals surface area contributed by atoms with Gasteiger partial charge in [0.2, 0.25) is 0 Å². The lowest BCUT2D eigenvalue weighted by atomic mass is 9.98. The van der Waals surface area contributed by atoms with Gasteiger partial charge in [-0.05, 0) is 0 Å². The van der Waals surface area contributed by atoms with Crippen LogP contribution in [0.1, 0.15) is 0 Å². The van der Waals surface area contributed by atoms with Crippen LogP contribution in [0.25, 0.3) is 0 Å². The second-order valence-corrected chi connectivity index (χ2v) is 3.67. The van der Waals surface area contributed by atoms with Crippen LogP contribution in [0.5, 0.6) is 0 Å². The van der Waals surface area contributed by atoms with E-state index in [1.165, 1.54) is 0 Å². The molecule has 1 heterocycles. The highest BCUT2D eigenvalue weighted by Crippen LogP contribution is 2.12. The van der Waals surface area contributed by atoms with E-state index in [-0.39, 0.29) is 18.7 Å². The minimum absolute atomic E-state index is 0.0488. The summed E-state index contributed by atoms with van der Waals surface area (Å²) in [6, 6.07) is -0.247. The summed E-state index contributed by atoms with van der Waals surface area (Å²) >= 11 is 2.17. The molecule has 5 heteroatoms. The molecule has 1 aliphatic rings. The van der Waals surface area contributed by atoms with Crippen molar-refractivity contribution < 1.29 is 9.84 Å². The third kappa shape index (κ3) is 2.37. The Morgan fingerprint density at radius 1 is 1.70 bits per heavy atom. The summed E-state index contributed by atoms with van der Waals surface area (Å²) in [6.07, 6.45) is -0.111. The lowest BCUT2D eigenvalue weighted by Crippen LogP contribution is -2.44. The molecule has 1 fully saturated rings. The fourth-order valence-corrected chi connectivity index (χ4v) is 1.75. The quantitative estimate of drug-likeness (QED) is 0.389. The van der Waals surface area contributed by atoms with Crippen molar-refractivity contribution >= 4 is 30.7 Å². The van der Waals surface area contributed by atoms with Gasteiger partial charge < -0.3 is 9.84 Å². The van der Waals surface area contributed by atoms with Gasteiger partial charge in [0.05, 0.1) is 12.7 Å². The van der Waals surface area contributed by atoms with Crippen LogP contribution >= 0.6 is 22.9 Å². The first kappa shape index (κ1) is 8.77. The molecule has 0 aromatic heterocycles. The van der Waals surface area contributed by atoms with Gasteiger partial charge in [0.25, 0.3) is 0 Å². The molecule has 0 saturated carbocycles. The van der Waals surface area contributed by atoms with E-state index in [1.54, 1.807) is 0 Å². The molecular weight excluding hydrogens is 244 g/mol. The van der Waals surface area contributed by atoms with Crippen molar-refractivity contribution in [2.24, 2.45) is 0 Å². The molecule has 1 saturated heterocycles. The fraction of sp³-hybridized carbons (Fsp3) is 1.00. The highest BCUT2D eigenvalue weighted by molar-refractivity contribution is 14.1. The number of hydrogen-bond donors (Lipinski definition) is 1. The first-order valence-electron chi connectivity index (χ1n) is 3.15. The average Bonchev–Trinajstić information content (AvgIpc) is 1.85. The molecule has 0 aliphatic carbocycles. The van der Waals surface area contributed by atoms with Crippen molar-refractivity contribution in [2.45, 2.75) is 12.1 Å². The monoisotopic (exact) mass is 253 g/mol. The lowest BCUT2D eigenvalue weighted by molar-refractivity contribution is -0.0433. The SMILES string of the molecule is [B]C1CN(I)CC(CO)O1.